The van der Waals surface area contributed by atoms with Gasteiger partial charge in [0.15, 0.2) is 0 Å². The van der Waals surface area contributed by atoms with Crippen LogP contribution in [0.5, 0.6) is 0 Å². The molecule has 0 radical (unpaired) electrons. The maximum atomic E-state index is 4.94. The van der Waals surface area contributed by atoms with Gasteiger partial charge in [-0.3, -0.25) is 4.98 Å². The van der Waals surface area contributed by atoms with Gasteiger partial charge in [0.25, 0.3) is 0 Å². The summed E-state index contributed by atoms with van der Waals surface area (Å²) in [4.78, 5) is 9.45. The summed E-state index contributed by atoms with van der Waals surface area (Å²) in [6.45, 7) is 0. The van der Waals surface area contributed by atoms with E-state index in [-0.39, 0.29) is 0 Å². The third-order valence-corrected chi connectivity index (χ3v) is 4.91. The van der Waals surface area contributed by atoms with Crippen LogP contribution in [0.25, 0.3) is 44.5 Å². The molecule has 2 heterocycles. The van der Waals surface area contributed by atoms with Gasteiger partial charge in [0.2, 0.25) is 0 Å². The summed E-state index contributed by atoms with van der Waals surface area (Å²) in [7, 11) is 0. The Hall–Kier alpha value is -3.78. The van der Waals surface area contributed by atoms with Crippen LogP contribution in [-0.4, -0.2) is 9.97 Å². The SMILES string of the molecule is c1ccc(-c2cc(-c3ccc4ccccc4c3)nc(-c3ccccn3)c2)cc1. The molecule has 0 N–H and O–H groups in total. The summed E-state index contributed by atoms with van der Waals surface area (Å²) in [5.41, 5.74) is 6.12. The number of aromatic nitrogens is 2. The fourth-order valence-corrected chi connectivity index (χ4v) is 3.47. The van der Waals surface area contributed by atoms with E-state index in [1.54, 1.807) is 0 Å². The lowest BCUT2D eigenvalue weighted by atomic mass is 10.00. The Kier molecular flexibility index (Phi) is 4.15. The molecule has 5 rings (SSSR count). The highest BCUT2D eigenvalue weighted by atomic mass is 14.8. The first kappa shape index (κ1) is 16.4. The van der Waals surface area contributed by atoms with Gasteiger partial charge in [0.1, 0.15) is 0 Å². The van der Waals surface area contributed by atoms with Crippen LogP contribution < -0.4 is 0 Å². The first-order chi connectivity index (χ1) is 13.9. The van der Waals surface area contributed by atoms with Gasteiger partial charge < -0.3 is 0 Å². The van der Waals surface area contributed by atoms with Gasteiger partial charge in [-0.2, -0.15) is 0 Å². The third-order valence-electron chi connectivity index (χ3n) is 4.91. The molecular weight excluding hydrogens is 340 g/mol. The quantitative estimate of drug-likeness (QED) is 0.362. The second-order valence-corrected chi connectivity index (χ2v) is 6.77. The van der Waals surface area contributed by atoms with Gasteiger partial charge in [-0.05, 0) is 52.2 Å². The highest BCUT2D eigenvalue weighted by Crippen LogP contribution is 2.30. The maximum absolute atomic E-state index is 4.94. The van der Waals surface area contributed by atoms with Crippen LogP contribution in [0.3, 0.4) is 0 Å². The molecular formula is C26H18N2. The van der Waals surface area contributed by atoms with Crippen molar-refractivity contribution in [2.75, 3.05) is 0 Å². The fraction of sp³-hybridized carbons (Fsp3) is 0. The van der Waals surface area contributed by atoms with E-state index in [4.69, 9.17) is 4.98 Å². The van der Waals surface area contributed by atoms with Crippen LogP contribution in [0.15, 0.2) is 109 Å². The molecule has 2 nitrogen and oxygen atoms in total. The van der Waals surface area contributed by atoms with Crippen molar-refractivity contribution in [3.63, 3.8) is 0 Å². The zero-order valence-corrected chi connectivity index (χ0v) is 15.3. The monoisotopic (exact) mass is 358 g/mol. The fourth-order valence-electron chi connectivity index (χ4n) is 3.47. The lowest BCUT2D eigenvalue weighted by molar-refractivity contribution is 1.25. The number of benzene rings is 3. The molecule has 0 aliphatic carbocycles. The molecule has 0 saturated carbocycles. The summed E-state index contributed by atoms with van der Waals surface area (Å²) in [6, 6.07) is 35.5. The van der Waals surface area contributed by atoms with Crippen LogP contribution in [0.2, 0.25) is 0 Å². The van der Waals surface area contributed by atoms with Gasteiger partial charge in [0, 0.05) is 11.8 Å². The molecule has 0 aliphatic rings. The first-order valence-electron chi connectivity index (χ1n) is 9.35. The Morgan fingerprint density at radius 1 is 0.429 bits per heavy atom. The zero-order valence-electron chi connectivity index (χ0n) is 15.3. The summed E-state index contributed by atoms with van der Waals surface area (Å²) >= 11 is 0. The topological polar surface area (TPSA) is 25.8 Å². The average Bonchev–Trinajstić information content (AvgIpc) is 2.79. The Morgan fingerprint density at radius 3 is 2.00 bits per heavy atom. The lowest BCUT2D eigenvalue weighted by Crippen LogP contribution is -1.92. The van der Waals surface area contributed by atoms with E-state index in [1.807, 2.05) is 30.5 Å². The third kappa shape index (κ3) is 3.17. The smallest absolute Gasteiger partial charge is 0.0899 e. The predicted octanol–water partition coefficient (Wildman–Crippen LogP) is 6.63. The second kappa shape index (κ2) is 7.09. The summed E-state index contributed by atoms with van der Waals surface area (Å²) in [5.74, 6) is 0. The summed E-state index contributed by atoms with van der Waals surface area (Å²) < 4.78 is 0. The van der Waals surface area contributed by atoms with Crippen molar-refractivity contribution in [1.29, 1.82) is 0 Å². The van der Waals surface area contributed by atoms with E-state index in [1.165, 1.54) is 16.3 Å². The van der Waals surface area contributed by atoms with E-state index < -0.39 is 0 Å². The highest BCUT2D eigenvalue weighted by Gasteiger charge is 2.10. The van der Waals surface area contributed by atoms with Gasteiger partial charge >= 0.3 is 0 Å². The van der Waals surface area contributed by atoms with Crippen molar-refractivity contribution >= 4 is 10.8 Å². The molecule has 2 aromatic heterocycles. The minimum absolute atomic E-state index is 0.877. The molecule has 0 fully saturated rings. The van der Waals surface area contributed by atoms with Gasteiger partial charge in [-0.1, -0.05) is 72.8 Å². The zero-order chi connectivity index (χ0) is 18.8. The molecule has 0 unspecified atom stereocenters. The first-order valence-corrected chi connectivity index (χ1v) is 9.35. The second-order valence-electron chi connectivity index (χ2n) is 6.77. The number of pyridine rings is 2. The van der Waals surface area contributed by atoms with Crippen LogP contribution >= 0.6 is 0 Å². The molecule has 0 saturated heterocycles. The van der Waals surface area contributed by atoms with Crippen molar-refractivity contribution in [3.8, 4) is 33.8 Å². The summed E-state index contributed by atoms with van der Waals surface area (Å²) in [5, 5.41) is 2.45. The van der Waals surface area contributed by atoms with Crippen LogP contribution in [0.1, 0.15) is 0 Å². The number of fused-ring (bicyclic) bond motifs is 1. The van der Waals surface area contributed by atoms with E-state index in [2.05, 4.69) is 83.8 Å². The van der Waals surface area contributed by atoms with Crippen molar-refractivity contribution in [3.05, 3.63) is 109 Å². The number of hydrogen-bond donors (Lipinski definition) is 0. The lowest BCUT2D eigenvalue weighted by Gasteiger charge is -2.10. The normalized spacial score (nSPS) is 10.9. The van der Waals surface area contributed by atoms with E-state index in [0.717, 1.165) is 28.2 Å². The summed E-state index contributed by atoms with van der Waals surface area (Å²) in [6.07, 6.45) is 1.81. The van der Waals surface area contributed by atoms with Gasteiger partial charge in [-0.25, -0.2) is 4.98 Å². The molecule has 0 spiro atoms. The molecule has 0 atom stereocenters. The number of hydrogen-bond acceptors (Lipinski definition) is 2. The Bertz CT molecular complexity index is 1190. The van der Waals surface area contributed by atoms with E-state index >= 15 is 0 Å². The van der Waals surface area contributed by atoms with Crippen LogP contribution in [0, 0.1) is 0 Å². The molecule has 28 heavy (non-hydrogen) atoms. The number of rotatable bonds is 3. The van der Waals surface area contributed by atoms with Gasteiger partial charge in [0.05, 0.1) is 17.1 Å². The minimum atomic E-state index is 0.877. The van der Waals surface area contributed by atoms with E-state index in [9.17, 15) is 0 Å². The highest BCUT2D eigenvalue weighted by molar-refractivity contribution is 5.87. The minimum Gasteiger partial charge on any atom is -0.255 e. The standard InChI is InChI=1S/C26H18N2/c1-2-8-19(9-3-1)23-17-25(28-26(18-23)24-12-6-7-15-27-24)22-14-13-20-10-4-5-11-21(20)16-22/h1-18H. The number of nitrogens with zero attached hydrogens (tertiary/aromatic N) is 2. The van der Waals surface area contributed by atoms with Crippen LogP contribution in [-0.2, 0) is 0 Å². The molecule has 5 aromatic rings. The Balaban J connectivity index is 1.72. The van der Waals surface area contributed by atoms with Gasteiger partial charge in [-0.15, -0.1) is 0 Å². The predicted molar refractivity (Wildman–Crippen MR) is 116 cm³/mol. The molecule has 2 heteroatoms. The largest absolute Gasteiger partial charge is 0.255 e. The molecule has 0 aliphatic heterocycles. The van der Waals surface area contributed by atoms with Crippen molar-refractivity contribution in [1.82, 2.24) is 9.97 Å². The molecule has 3 aromatic carbocycles. The van der Waals surface area contributed by atoms with Crippen molar-refractivity contribution in [2.45, 2.75) is 0 Å². The van der Waals surface area contributed by atoms with Crippen LogP contribution in [0.4, 0.5) is 0 Å². The van der Waals surface area contributed by atoms with E-state index in [0.29, 0.717) is 0 Å². The Labute approximate surface area is 164 Å². The molecule has 132 valence electrons. The Morgan fingerprint density at radius 2 is 1.18 bits per heavy atom. The molecule has 0 bridgehead atoms. The average molecular weight is 358 g/mol. The molecule has 0 amide bonds. The maximum Gasteiger partial charge on any atom is 0.0899 e. The van der Waals surface area contributed by atoms with Crippen molar-refractivity contribution < 1.29 is 0 Å². The van der Waals surface area contributed by atoms with Crippen molar-refractivity contribution in [2.24, 2.45) is 0 Å².